The standard InChI is InChI=1S/C16H24O/c1-13(2)11-15-12-16(3,9-10-17-15)14-7-5-4-6-8-14/h4-8,13,15H,9-12H2,1-3H3. The minimum Gasteiger partial charge on any atom is -0.378 e. The maximum atomic E-state index is 5.91. The molecule has 1 saturated heterocycles. The van der Waals surface area contributed by atoms with Gasteiger partial charge in [-0.2, -0.15) is 0 Å². The topological polar surface area (TPSA) is 9.23 Å². The van der Waals surface area contributed by atoms with E-state index in [0.29, 0.717) is 11.5 Å². The Morgan fingerprint density at radius 1 is 1.29 bits per heavy atom. The number of hydrogen-bond acceptors (Lipinski definition) is 1. The predicted molar refractivity (Wildman–Crippen MR) is 72.2 cm³/mol. The first kappa shape index (κ1) is 12.6. The summed E-state index contributed by atoms with van der Waals surface area (Å²) >= 11 is 0. The fraction of sp³-hybridized carbons (Fsp3) is 0.625. The van der Waals surface area contributed by atoms with Crippen molar-refractivity contribution in [2.75, 3.05) is 6.61 Å². The molecule has 0 N–H and O–H groups in total. The highest BCUT2D eigenvalue weighted by Gasteiger charge is 2.34. The Bertz CT molecular complexity index is 344. The van der Waals surface area contributed by atoms with Gasteiger partial charge in [0, 0.05) is 6.61 Å². The van der Waals surface area contributed by atoms with Gasteiger partial charge >= 0.3 is 0 Å². The van der Waals surface area contributed by atoms with E-state index in [9.17, 15) is 0 Å². The molecule has 0 aliphatic carbocycles. The molecule has 1 aromatic carbocycles. The molecule has 1 heteroatoms. The van der Waals surface area contributed by atoms with E-state index in [0.717, 1.165) is 25.4 Å². The molecule has 94 valence electrons. The van der Waals surface area contributed by atoms with Crippen molar-refractivity contribution >= 4 is 0 Å². The van der Waals surface area contributed by atoms with Crippen LogP contribution in [0.15, 0.2) is 30.3 Å². The van der Waals surface area contributed by atoms with Gasteiger partial charge in [0.05, 0.1) is 6.10 Å². The maximum Gasteiger partial charge on any atom is 0.0586 e. The van der Waals surface area contributed by atoms with E-state index in [-0.39, 0.29) is 0 Å². The Morgan fingerprint density at radius 2 is 2.00 bits per heavy atom. The van der Waals surface area contributed by atoms with E-state index in [1.54, 1.807) is 0 Å². The smallest absolute Gasteiger partial charge is 0.0586 e. The van der Waals surface area contributed by atoms with Gasteiger partial charge < -0.3 is 4.74 Å². The van der Waals surface area contributed by atoms with Crippen LogP contribution in [-0.4, -0.2) is 12.7 Å². The van der Waals surface area contributed by atoms with Gasteiger partial charge in [0.2, 0.25) is 0 Å². The van der Waals surface area contributed by atoms with E-state index in [4.69, 9.17) is 4.74 Å². The van der Waals surface area contributed by atoms with Gasteiger partial charge in [-0.05, 0) is 36.2 Å². The molecule has 1 aromatic rings. The summed E-state index contributed by atoms with van der Waals surface area (Å²) in [6.45, 7) is 7.84. The fourth-order valence-electron chi connectivity index (χ4n) is 2.89. The van der Waals surface area contributed by atoms with Crippen LogP contribution in [0.5, 0.6) is 0 Å². The van der Waals surface area contributed by atoms with Crippen LogP contribution in [0.1, 0.15) is 45.6 Å². The summed E-state index contributed by atoms with van der Waals surface area (Å²) in [5.74, 6) is 0.720. The van der Waals surface area contributed by atoms with Crippen molar-refractivity contribution in [3.63, 3.8) is 0 Å². The van der Waals surface area contributed by atoms with Gasteiger partial charge in [-0.15, -0.1) is 0 Å². The van der Waals surface area contributed by atoms with Crippen LogP contribution in [0.2, 0.25) is 0 Å². The average Bonchev–Trinajstić information content (AvgIpc) is 2.29. The Kier molecular flexibility index (Phi) is 3.88. The van der Waals surface area contributed by atoms with Crippen LogP contribution >= 0.6 is 0 Å². The van der Waals surface area contributed by atoms with Gasteiger partial charge in [0.25, 0.3) is 0 Å². The quantitative estimate of drug-likeness (QED) is 0.760. The summed E-state index contributed by atoms with van der Waals surface area (Å²) in [6.07, 6.45) is 3.93. The molecular weight excluding hydrogens is 208 g/mol. The molecule has 0 radical (unpaired) electrons. The molecule has 0 bridgehead atoms. The molecule has 2 unspecified atom stereocenters. The highest BCUT2D eigenvalue weighted by molar-refractivity contribution is 5.25. The maximum absolute atomic E-state index is 5.91. The fourth-order valence-corrected chi connectivity index (χ4v) is 2.89. The zero-order valence-corrected chi connectivity index (χ0v) is 11.3. The van der Waals surface area contributed by atoms with Gasteiger partial charge in [-0.3, -0.25) is 0 Å². The first-order chi connectivity index (χ1) is 8.10. The summed E-state index contributed by atoms with van der Waals surface area (Å²) in [7, 11) is 0. The highest BCUT2D eigenvalue weighted by atomic mass is 16.5. The summed E-state index contributed by atoms with van der Waals surface area (Å²) in [5.41, 5.74) is 1.77. The van der Waals surface area contributed by atoms with Crippen molar-refractivity contribution in [2.45, 2.75) is 51.6 Å². The van der Waals surface area contributed by atoms with Crippen LogP contribution in [0.3, 0.4) is 0 Å². The van der Waals surface area contributed by atoms with Crippen molar-refractivity contribution in [1.29, 1.82) is 0 Å². The second kappa shape index (κ2) is 5.22. The molecule has 17 heavy (non-hydrogen) atoms. The van der Waals surface area contributed by atoms with Crippen LogP contribution in [0.4, 0.5) is 0 Å². The normalized spacial score (nSPS) is 29.5. The summed E-state index contributed by atoms with van der Waals surface area (Å²) in [4.78, 5) is 0. The van der Waals surface area contributed by atoms with Gasteiger partial charge in [-0.25, -0.2) is 0 Å². The number of benzene rings is 1. The van der Waals surface area contributed by atoms with Crippen molar-refractivity contribution in [3.05, 3.63) is 35.9 Å². The Hall–Kier alpha value is -0.820. The van der Waals surface area contributed by atoms with Crippen LogP contribution in [0, 0.1) is 5.92 Å². The third kappa shape index (κ3) is 3.10. The lowest BCUT2D eigenvalue weighted by atomic mass is 9.73. The van der Waals surface area contributed by atoms with Crippen molar-refractivity contribution in [2.24, 2.45) is 5.92 Å². The van der Waals surface area contributed by atoms with E-state index in [2.05, 4.69) is 51.1 Å². The molecule has 0 spiro atoms. The van der Waals surface area contributed by atoms with E-state index in [1.807, 2.05) is 0 Å². The van der Waals surface area contributed by atoms with Crippen LogP contribution in [0.25, 0.3) is 0 Å². The lowest BCUT2D eigenvalue weighted by Crippen LogP contribution is -2.37. The summed E-state index contributed by atoms with van der Waals surface area (Å²) < 4.78 is 5.91. The summed E-state index contributed by atoms with van der Waals surface area (Å²) in [6, 6.07) is 10.9. The van der Waals surface area contributed by atoms with Crippen molar-refractivity contribution in [3.8, 4) is 0 Å². The molecule has 1 heterocycles. The monoisotopic (exact) mass is 232 g/mol. The minimum absolute atomic E-state index is 0.305. The van der Waals surface area contributed by atoms with E-state index < -0.39 is 0 Å². The largest absolute Gasteiger partial charge is 0.378 e. The van der Waals surface area contributed by atoms with Crippen LogP contribution < -0.4 is 0 Å². The van der Waals surface area contributed by atoms with E-state index in [1.165, 1.54) is 12.0 Å². The lowest BCUT2D eigenvalue weighted by molar-refractivity contribution is -0.0267. The molecule has 2 atom stereocenters. The zero-order chi connectivity index (χ0) is 12.3. The first-order valence-corrected chi connectivity index (χ1v) is 6.77. The van der Waals surface area contributed by atoms with Crippen LogP contribution in [-0.2, 0) is 10.2 Å². The molecule has 1 nitrogen and oxygen atoms in total. The zero-order valence-electron chi connectivity index (χ0n) is 11.3. The van der Waals surface area contributed by atoms with Gasteiger partial charge in [0.15, 0.2) is 0 Å². The summed E-state index contributed by atoms with van der Waals surface area (Å²) in [5, 5.41) is 0. The lowest BCUT2D eigenvalue weighted by Gasteiger charge is -2.39. The Labute approximate surface area is 105 Å². The molecular formula is C16H24O. The third-order valence-electron chi connectivity index (χ3n) is 3.89. The SMILES string of the molecule is CC(C)CC1CC(C)(c2ccccc2)CCO1. The minimum atomic E-state index is 0.305. The molecule has 1 aliphatic rings. The molecule has 2 rings (SSSR count). The molecule has 0 aromatic heterocycles. The number of hydrogen-bond donors (Lipinski definition) is 0. The van der Waals surface area contributed by atoms with Crippen molar-refractivity contribution in [1.82, 2.24) is 0 Å². The third-order valence-corrected chi connectivity index (χ3v) is 3.89. The Morgan fingerprint density at radius 3 is 2.65 bits per heavy atom. The van der Waals surface area contributed by atoms with E-state index >= 15 is 0 Å². The molecule has 1 fully saturated rings. The molecule has 1 aliphatic heterocycles. The molecule has 0 saturated carbocycles. The average molecular weight is 232 g/mol. The number of rotatable bonds is 3. The second-order valence-corrected chi connectivity index (χ2v) is 6.00. The van der Waals surface area contributed by atoms with Gasteiger partial charge in [0.1, 0.15) is 0 Å². The van der Waals surface area contributed by atoms with Crippen molar-refractivity contribution < 1.29 is 4.74 Å². The highest BCUT2D eigenvalue weighted by Crippen LogP contribution is 2.38. The predicted octanol–water partition coefficient (Wildman–Crippen LogP) is 4.17. The Balaban J connectivity index is 2.10. The van der Waals surface area contributed by atoms with Gasteiger partial charge in [-0.1, -0.05) is 51.1 Å². The second-order valence-electron chi connectivity index (χ2n) is 6.00. The first-order valence-electron chi connectivity index (χ1n) is 6.77. The number of ether oxygens (including phenoxy) is 1. The molecule has 0 amide bonds.